The van der Waals surface area contributed by atoms with E-state index in [1.165, 1.54) is 18.4 Å². The molecule has 6 nitrogen and oxygen atoms in total. The van der Waals surface area contributed by atoms with Crippen LogP contribution < -0.4 is 14.9 Å². The lowest BCUT2D eigenvalue weighted by Gasteiger charge is -2.24. The Bertz CT molecular complexity index is 1730. The Balaban J connectivity index is 1.64. The van der Waals surface area contributed by atoms with Gasteiger partial charge in [-0.25, -0.2) is 9.79 Å². The smallest absolute Gasteiger partial charge is 0.338 e. The molecule has 10 heteroatoms. The number of nitrogens with zero attached hydrogens (tertiary/aromatic N) is 2. The largest absolute Gasteiger partial charge is 0.466 e. The maximum absolute atomic E-state index is 13.7. The van der Waals surface area contributed by atoms with E-state index in [-0.39, 0.29) is 5.56 Å². The van der Waals surface area contributed by atoms with Gasteiger partial charge >= 0.3 is 5.97 Å². The number of allylic oxidation sites excluding steroid dienone is 1. The third kappa shape index (κ3) is 4.70. The Labute approximate surface area is 230 Å². The van der Waals surface area contributed by atoms with Crippen molar-refractivity contribution in [1.82, 2.24) is 4.57 Å². The highest BCUT2D eigenvalue weighted by molar-refractivity contribution is 7.98. The van der Waals surface area contributed by atoms with Crippen LogP contribution in [0.3, 0.4) is 0 Å². The number of thioether (sulfide) groups is 1. The number of ether oxygens (including phenoxy) is 1. The number of benzene rings is 2. The molecule has 2 aromatic carbocycles. The molecule has 1 aliphatic heterocycles. The zero-order valence-electron chi connectivity index (χ0n) is 20.0. The van der Waals surface area contributed by atoms with Crippen LogP contribution in [0.5, 0.6) is 0 Å². The number of thiazole rings is 1. The Kier molecular flexibility index (Phi) is 7.18. The van der Waals surface area contributed by atoms with Gasteiger partial charge in [0.05, 0.1) is 39.0 Å². The number of hydrogen-bond donors (Lipinski definition) is 0. The molecule has 0 saturated carbocycles. The number of carbonyl (C=O) groups is 1. The van der Waals surface area contributed by atoms with Crippen LogP contribution in [0.25, 0.3) is 17.4 Å². The van der Waals surface area contributed by atoms with Gasteiger partial charge in [0.2, 0.25) is 0 Å². The summed E-state index contributed by atoms with van der Waals surface area (Å²) in [5.41, 5.74) is 2.00. The van der Waals surface area contributed by atoms with Crippen molar-refractivity contribution in [3.8, 4) is 11.3 Å². The molecule has 2 aromatic heterocycles. The monoisotopic (exact) mass is 570 g/mol. The second-order valence-electron chi connectivity index (χ2n) is 8.15. The predicted molar refractivity (Wildman–Crippen MR) is 148 cm³/mol. The fourth-order valence-corrected chi connectivity index (χ4v) is 6.02. The van der Waals surface area contributed by atoms with Gasteiger partial charge in [-0.05, 0) is 55.1 Å². The molecular formula is C27H20Cl2N2O4S2. The first-order chi connectivity index (χ1) is 17.8. The normalized spacial score (nSPS) is 15.5. The van der Waals surface area contributed by atoms with E-state index in [4.69, 9.17) is 32.4 Å². The molecule has 5 rings (SSSR count). The van der Waals surface area contributed by atoms with Crippen molar-refractivity contribution in [1.29, 1.82) is 0 Å². The quantitative estimate of drug-likeness (QED) is 0.227. The molecule has 0 fully saturated rings. The molecule has 3 heterocycles. The lowest BCUT2D eigenvalue weighted by molar-refractivity contribution is -0.136. The average molecular weight is 572 g/mol. The summed E-state index contributed by atoms with van der Waals surface area (Å²) in [6, 6.07) is 15.9. The van der Waals surface area contributed by atoms with Gasteiger partial charge in [0.25, 0.3) is 5.56 Å². The minimum atomic E-state index is -0.667. The summed E-state index contributed by atoms with van der Waals surface area (Å²) in [7, 11) is 1.32. The molecule has 188 valence electrons. The number of aromatic nitrogens is 1. The van der Waals surface area contributed by atoms with E-state index in [9.17, 15) is 9.59 Å². The van der Waals surface area contributed by atoms with E-state index >= 15 is 0 Å². The Hall–Kier alpha value is -3.04. The maximum atomic E-state index is 13.7. The highest BCUT2D eigenvalue weighted by atomic mass is 35.5. The van der Waals surface area contributed by atoms with Gasteiger partial charge in [-0.3, -0.25) is 9.36 Å². The molecule has 0 saturated heterocycles. The van der Waals surface area contributed by atoms with Crippen LogP contribution in [0.1, 0.15) is 24.3 Å². The molecule has 1 aliphatic rings. The van der Waals surface area contributed by atoms with Gasteiger partial charge in [0.1, 0.15) is 11.5 Å². The van der Waals surface area contributed by atoms with E-state index in [1.807, 2.05) is 36.6 Å². The third-order valence-electron chi connectivity index (χ3n) is 5.98. The van der Waals surface area contributed by atoms with Crippen molar-refractivity contribution in [2.45, 2.75) is 17.9 Å². The number of hydrogen-bond acceptors (Lipinski definition) is 7. The second-order valence-corrected chi connectivity index (χ2v) is 10.8. The molecule has 0 spiro atoms. The minimum Gasteiger partial charge on any atom is -0.466 e. The fourth-order valence-electron chi connectivity index (χ4n) is 4.19. The van der Waals surface area contributed by atoms with E-state index in [1.54, 1.807) is 53.6 Å². The van der Waals surface area contributed by atoms with E-state index in [0.717, 1.165) is 10.5 Å². The summed E-state index contributed by atoms with van der Waals surface area (Å²) in [6.07, 6.45) is 3.65. The minimum absolute atomic E-state index is 0.282. The molecule has 1 atom stereocenters. The number of halogens is 2. The number of rotatable bonds is 5. The fraction of sp³-hybridized carbons (Fsp3) is 0.148. The number of fused-ring (bicyclic) bond motifs is 1. The van der Waals surface area contributed by atoms with Gasteiger partial charge in [0.15, 0.2) is 4.80 Å². The van der Waals surface area contributed by atoms with Crippen molar-refractivity contribution >= 4 is 58.3 Å². The lowest BCUT2D eigenvalue weighted by Crippen LogP contribution is -2.39. The molecule has 0 radical (unpaired) electrons. The number of carbonyl (C=O) groups excluding carboxylic acids is 1. The third-order valence-corrected chi connectivity index (χ3v) is 8.52. The Morgan fingerprint density at radius 1 is 1.16 bits per heavy atom. The van der Waals surface area contributed by atoms with Crippen LogP contribution in [0, 0.1) is 0 Å². The maximum Gasteiger partial charge on any atom is 0.338 e. The molecule has 0 amide bonds. The van der Waals surface area contributed by atoms with Gasteiger partial charge in [0, 0.05) is 16.5 Å². The topological polar surface area (TPSA) is 73.8 Å². The summed E-state index contributed by atoms with van der Waals surface area (Å²) < 4.78 is 13.0. The molecule has 4 aromatic rings. The summed E-state index contributed by atoms with van der Waals surface area (Å²) >= 11 is 15.3. The van der Waals surface area contributed by atoms with Gasteiger partial charge in [-0.2, -0.15) is 0 Å². The lowest BCUT2D eigenvalue weighted by atomic mass is 9.96. The van der Waals surface area contributed by atoms with Gasteiger partial charge < -0.3 is 9.15 Å². The highest BCUT2D eigenvalue weighted by Crippen LogP contribution is 2.35. The Morgan fingerprint density at radius 3 is 2.62 bits per heavy atom. The van der Waals surface area contributed by atoms with E-state index in [2.05, 4.69) is 4.99 Å². The predicted octanol–water partition coefficient (Wildman–Crippen LogP) is 5.70. The van der Waals surface area contributed by atoms with E-state index < -0.39 is 12.0 Å². The second kappa shape index (κ2) is 10.4. The van der Waals surface area contributed by atoms with Crippen LogP contribution >= 0.6 is 46.3 Å². The summed E-state index contributed by atoms with van der Waals surface area (Å²) in [5.74, 6) is 0.478. The van der Waals surface area contributed by atoms with E-state index in [0.29, 0.717) is 47.7 Å². The van der Waals surface area contributed by atoms with Crippen LogP contribution in [0.4, 0.5) is 0 Å². The molecular weight excluding hydrogens is 551 g/mol. The first-order valence-corrected chi connectivity index (χ1v) is 13.9. The first-order valence-electron chi connectivity index (χ1n) is 11.1. The first kappa shape index (κ1) is 25.6. The van der Waals surface area contributed by atoms with Crippen molar-refractivity contribution in [2.24, 2.45) is 4.99 Å². The van der Waals surface area contributed by atoms with Crippen molar-refractivity contribution in [3.63, 3.8) is 0 Å². The summed E-state index contributed by atoms with van der Waals surface area (Å²) in [4.78, 5) is 32.6. The summed E-state index contributed by atoms with van der Waals surface area (Å²) in [5, 5.41) is 0.815. The number of furan rings is 1. The molecule has 0 N–H and O–H groups in total. The zero-order valence-corrected chi connectivity index (χ0v) is 23.1. The van der Waals surface area contributed by atoms with Crippen LogP contribution in [0.15, 0.2) is 85.0 Å². The zero-order chi connectivity index (χ0) is 26.3. The van der Waals surface area contributed by atoms with Crippen molar-refractivity contribution < 1.29 is 13.9 Å². The Morgan fingerprint density at radius 2 is 1.92 bits per heavy atom. The van der Waals surface area contributed by atoms with Crippen LogP contribution in [-0.2, 0) is 9.53 Å². The van der Waals surface area contributed by atoms with Crippen molar-refractivity contribution in [3.05, 3.63) is 107 Å². The standard InChI is InChI=1S/C27H20Cl2N2O4S2/c1-14-22(26(33)34-2)24(15-7-10-17(36-3)11-8-15)31-25(32)21(37-27(31)30-14)13-16-9-12-20(35-16)18-5-4-6-19(28)23(18)29/h4-13,24H,1-3H3. The molecule has 1 unspecified atom stereocenters. The van der Waals surface area contributed by atoms with Gasteiger partial charge in [-0.1, -0.05) is 52.7 Å². The SMILES string of the molecule is COC(=O)C1=C(C)N=c2sc(=Cc3ccc(-c4cccc(Cl)c4Cl)o3)c(=O)n2C1c1ccc(SC)cc1. The number of esters is 1. The molecule has 0 bridgehead atoms. The molecule has 37 heavy (non-hydrogen) atoms. The number of methoxy groups -OCH3 is 1. The highest BCUT2D eigenvalue weighted by Gasteiger charge is 2.33. The van der Waals surface area contributed by atoms with Crippen LogP contribution in [0.2, 0.25) is 10.0 Å². The average Bonchev–Trinajstić information content (AvgIpc) is 3.48. The van der Waals surface area contributed by atoms with Crippen molar-refractivity contribution in [2.75, 3.05) is 13.4 Å². The van der Waals surface area contributed by atoms with Crippen LogP contribution in [-0.4, -0.2) is 23.9 Å². The van der Waals surface area contributed by atoms with Gasteiger partial charge in [-0.15, -0.1) is 11.8 Å². The molecule has 0 aliphatic carbocycles. The summed E-state index contributed by atoms with van der Waals surface area (Å²) in [6.45, 7) is 1.75.